The second-order valence-corrected chi connectivity index (χ2v) is 7.33. The molecule has 3 N–H and O–H groups in total. The van der Waals surface area contributed by atoms with Crippen LogP contribution in [0.3, 0.4) is 0 Å². The van der Waals surface area contributed by atoms with Crippen LogP contribution in [0.15, 0.2) is 10.3 Å². The molecule has 0 bridgehead atoms. The number of thiophene rings is 1. The number of hydrogen-bond donors (Lipinski definition) is 2. The van der Waals surface area contributed by atoms with Crippen LogP contribution in [0.25, 0.3) is 0 Å². The minimum Gasteiger partial charge on any atom is -0.326 e. The third kappa shape index (κ3) is 3.12. The van der Waals surface area contributed by atoms with Crippen molar-refractivity contribution in [2.75, 3.05) is 0 Å². The third-order valence-electron chi connectivity index (χ3n) is 3.38. The van der Waals surface area contributed by atoms with Gasteiger partial charge in [0.1, 0.15) is 4.90 Å². The third-order valence-corrected chi connectivity index (χ3v) is 6.51. The first-order valence-corrected chi connectivity index (χ1v) is 8.47. The highest BCUT2D eigenvalue weighted by atomic mass is 32.2. The Hall–Kier alpha value is -0.430. The normalized spacial score (nSPS) is 12.9. The Morgan fingerprint density at radius 2 is 1.94 bits per heavy atom. The zero-order valence-electron chi connectivity index (χ0n) is 11.4. The number of hydrogen-bond acceptors (Lipinski definition) is 4. The van der Waals surface area contributed by atoms with Gasteiger partial charge < -0.3 is 5.73 Å². The van der Waals surface area contributed by atoms with E-state index in [4.69, 9.17) is 5.73 Å². The lowest BCUT2D eigenvalue weighted by Gasteiger charge is -2.28. The van der Waals surface area contributed by atoms with Crippen molar-refractivity contribution in [1.29, 1.82) is 0 Å². The lowest BCUT2D eigenvalue weighted by molar-refractivity contribution is 0.388. The van der Waals surface area contributed by atoms with E-state index in [2.05, 4.69) is 4.72 Å². The maximum Gasteiger partial charge on any atom is 0.242 e. The van der Waals surface area contributed by atoms with E-state index in [9.17, 15) is 8.42 Å². The molecule has 0 aliphatic heterocycles. The van der Waals surface area contributed by atoms with Gasteiger partial charge in [0.25, 0.3) is 0 Å². The molecule has 1 aromatic heterocycles. The molecule has 0 unspecified atom stereocenters. The second-order valence-electron chi connectivity index (χ2n) is 4.75. The van der Waals surface area contributed by atoms with Crippen LogP contribution in [-0.4, -0.2) is 14.0 Å². The summed E-state index contributed by atoms with van der Waals surface area (Å²) in [6.45, 7) is 7.95. The van der Waals surface area contributed by atoms with Crippen molar-refractivity contribution in [1.82, 2.24) is 4.72 Å². The molecule has 18 heavy (non-hydrogen) atoms. The van der Waals surface area contributed by atoms with Crippen LogP contribution in [0, 0.1) is 6.92 Å². The highest BCUT2D eigenvalue weighted by Crippen LogP contribution is 2.28. The van der Waals surface area contributed by atoms with Crippen molar-refractivity contribution < 1.29 is 8.42 Å². The molecular formula is C12H22N2O2S2. The van der Waals surface area contributed by atoms with Crippen molar-refractivity contribution in [3.8, 4) is 0 Å². The van der Waals surface area contributed by atoms with Crippen LogP contribution in [0.2, 0.25) is 0 Å². The smallest absolute Gasteiger partial charge is 0.242 e. The Labute approximate surface area is 114 Å². The summed E-state index contributed by atoms with van der Waals surface area (Å²) < 4.78 is 27.7. The highest BCUT2D eigenvalue weighted by Gasteiger charge is 2.30. The van der Waals surface area contributed by atoms with Gasteiger partial charge in [-0.15, -0.1) is 11.3 Å². The molecule has 4 nitrogen and oxygen atoms in total. The molecule has 6 heteroatoms. The van der Waals surface area contributed by atoms with E-state index in [0.717, 1.165) is 23.3 Å². The minimum atomic E-state index is -3.49. The summed E-state index contributed by atoms with van der Waals surface area (Å²) in [7, 11) is -3.49. The van der Waals surface area contributed by atoms with Crippen LogP contribution < -0.4 is 10.5 Å². The van der Waals surface area contributed by atoms with Gasteiger partial charge >= 0.3 is 0 Å². The molecule has 1 aromatic rings. The standard InChI is InChI=1S/C12H22N2O2S2/c1-5-12(4,6-2)14-18(15,16)11-9(3)8-17-10(11)7-13/h8,14H,5-7,13H2,1-4H3. The van der Waals surface area contributed by atoms with E-state index in [1.54, 1.807) is 6.92 Å². The zero-order chi connectivity index (χ0) is 14.0. The van der Waals surface area contributed by atoms with Crippen LogP contribution in [-0.2, 0) is 16.6 Å². The van der Waals surface area contributed by atoms with Crippen LogP contribution in [0.1, 0.15) is 44.1 Å². The molecule has 0 saturated carbocycles. The molecule has 1 rings (SSSR count). The van der Waals surface area contributed by atoms with Crippen molar-refractivity contribution in [3.05, 3.63) is 15.8 Å². The molecule has 0 aliphatic rings. The molecule has 0 spiro atoms. The van der Waals surface area contributed by atoms with Gasteiger partial charge in [0, 0.05) is 17.0 Å². The Bertz CT molecular complexity index is 502. The van der Waals surface area contributed by atoms with Gasteiger partial charge in [-0.3, -0.25) is 0 Å². The van der Waals surface area contributed by atoms with Crippen molar-refractivity contribution >= 4 is 21.4 Å². The van der Waals surface area contributed by atoms with Gasteiger partial charge in [-0.25, -0.2) is 13.1 Å². The average molecular weight is 290 g/mol. The molecule has 0 atom stereocenters. The largest absolute Gasteiger partial charge is 0.326 e. The molecule has 1 heterocycles. The second kappa shape index (κ2) is 5.69. The molecule has 104 valence electrons. The van der Waals surface area contributed by atoms with Gasteiger partial charge in [0.2, 0.25) is 10.0 Å². The van der Waals surface area contributed by atoms with E-state index in [0.29, 0.717) is 4.90 Å². The topological polar surface area (TPSA) is 72.2 Å². The number of nitrogens with two attached hydrogens (primary N) is 1. The predicted molar refractivity (Wildman–Crippen MR) is 76.3 cm³/mol. The molecule has 0 radical (unpaired) electrons. The molecule has 0 saturated heterocycles. The average Bonchev–Trinajstić information content (AvgIpc) is 2.70. The fourth-order valence-corrected chi connectivity index (χ4v) is 5.01. The maximum absolute atomic E-state index is 12.5. The van der Waals surface area contributed by atoms with Gasteiger partial charge in [0.15, 0.2) is 0 Å². The van der Waals surface area contributed by atoms with Gasteiger partial charge in [-0.1, -0.05) is 13.8 Å². The summed E-state index contributed by atoms with van der Waals surface area (Å²) >= 11 is 1.40. The van der Waals surface area contributed by atoms with E-state index < -0.39 is 15.6 Å². The number of sulfonamides is 1. The first-order chi connectivity index (χ1) is 8.29. The zero-order valence-corrected chi connectivity index (χ0v) is 13.0. The molecular weight excluding hydrogens is 268 g/mol. The Kier molecular flexibility index (Phi) is 4.94. The maximum atomic E-state index is 12.5. The van der Waals surface area contributed by atoms with Crippen LogP contribution in [0.5, 0.6) is 0 Å². The summed E-state index contributed by atoms with van der Waals surface area (Å²) in [5.74, 6) is 0. The fraction of sp³-hybridized carbons (Fsp3) is 0.667. The van der Waals surface area contributed by atoms with Crippen molar-refractivity contribution in [2.45, 2.75) is 57.5 Å². The van der Waals surface area contributed by atoms with Crippen LogP contribution in [0.4, 0.5) is 0 Å². The fourth-order valence-electron chi connectivity index (χ4n) is 1.76. The van der Waals surface area contributed by atoms with Crippen LogP contribution >= 0.6 is 11.3 Å². The van der Waals surface area contributed by atoms with Gasteiger partial charge in [0.05, 0.1) is 0 Å². The van der Waals surface area contributed by atoms with E-state index in [-0.39, 0.29) is 6.54 Å². The summed E-state index contributed by atoms with van der Waals surface area (Å²) in [5, 5.41) is 1.84. The highest BCUT2D eigenvalue weighted by molar-refractivity contribution is 7.89. The van der Waals surface area contributed by atoms with Gasteiger partial charge in [-0.2, -0.15) is 0 Å². The predicted octanol–water partition coefficient (Wildman–Crippen LogP) is 2.37. The molecule has 0 aliphatic carbocycles. The van der Waals surface area contributed by atoms with E-state index >= 15 is 0 Å². The number of nitrogens with one attached hydrogen (secondary N) is 1. The monoisotopic (exact) mass is 290 g/mol. The van der Waals surface area contributed by atoms with E-state index in [1.165, 1.54) is 11.3 Å². The first kappa shape index (κ1) is 15.6. The lowest BCUT2D eigenvalue weighted by Crippen LogP contribution is -2.45. The first-order valence-electron chi connectivity index (χ1n) is 6.10. The number of rotatable bonds is 6. The minimum absolute atomic E-state index is 0.254. The van der Waals surface area contributed by atoms with Crippen molar-refractivity contribution in [3.63, 3.8) is 0 Å². The summed E-state index contributed by atoms with van der Waals surface area (Å²) in [5.41, 5.74) is 5.97. The Morgan fingerprint density at radius 1 is 1.39 bits per heavy atom. The Balaban J connectivity index is 3.18. The quantitative estimate of drug-likeness (QED) is 0.845. The molecule has 0 fully saturated rings. The SMILES string of the molecule is CCC(C)(CC)NS(=O)(=O)c1c(C)csc1CN. The van der Waals surface area contributed by atoms with Crippen molar-refractivity contribution in [2.24, 2.45) is 5.73 Å². The summed E-state index contributed by atoms with van der Waals surface area (Å²) in [6.07, 6.45) is 1.51. The summed E-state index contributed by atoms with van der Waals surface area (Å²) in [4.78, 5) is 1.08. The lowest BCUT2D eigenvalue weighted by atomic mass is 9.98. The number of aryl methyl sites for hydroxylation is 1. The molecule has 0 amide bonds. The molecule has 0 aromatic carbocycles. The van der Waals surface area contributed by atoms with Gasteiger partial charge in [-0.05, 0) is 37.6 Å². The van der Waals surface area contributed by atoms with E-state index in [1.807, 2.05) is 26.2 Å². The summed E-state index contributed by atoms with van der Waals surface area (Å²) in [6, 6.07) is 0. The Morgan fingerprint density at radius 3 is 2.39 bits per heavy atom.